The van der Waals surface area contributed by atoms with E-state index < -0.39 is 0 Å². The Bertz CT molecular complexity index is 254. The SMILES string of the molecule is CC(C)C(CCN)CCCN1CCN2CCCC2C1. The highest BCUT2D eigenvalue weighted by Gasteiger charge is 2.30. The van der Waals surface area contributed by atoms with E-state index in [9.17, 15) is 0 Å². The predicted octanol–water partition coefficient (Wildman–Crippen LogP) is 2.17. The van der Waals surface area contributed by atoms with Gasteiger partial charge in [-0.1, -0.05) is 13.8 Å². The third-order valence-corrected chi connectivity index (χ3v) is 5.20. The van der Waals surface area contributed by atoms with E-state index >= 15 is 0 Å². The van der Waals surface area contributed by atoms with Crippen molar-refractivity contribution < 1.29 is 0 Å². The van der Waals surface area contributed by atoms with E-state index in [0.29, 0.717) is 0 Å². The molecule has 3 nitrogen and oxygen atoms in total. The van der Waals surface area contributed by atoms with Gasteiger partial charge in [-0.2, -0.15) is 0 Å². The van der Waals surface area contributed by atoms with Gasteiger partial charge in [0.1, 0.15) is 0 Å². The third-order valence-electron chi connectivity index (χ3n) is 5.20. The van der Waals surface area contributed by atoms with Crippen LogP contribution in [0.4, 0.5) is 0 Å². The van der Waals surface area contributed by atoms with Crippen molar-refractivity contribution in [3.05, 3.63) is 0 Å². The van der Waals surface area contributed by atoms with Crippen LogP contribution in [0.5, 0.6) is 0 Å². The Morgan fingerprint density at radius 3 is 2.74 bits per heavy atom. The molecule has 0 amide bonds. The molecule has 2 unspecified atom stereocenters. The first-order chi connectivity index (χ1) is 9.20. The molecule has 0 saturated carbocycles. The van der Waals surface area contributed by atoms with Crippen LogP contribution in [0.1, 0.15) is 46.0 Å². The lowest BCUT2D eigenvalue weighted by Gasteiger charge is -2.37. The summed E-state index contributed by atoms with van der Waals surface area (Å²) in [7, 11) is 0. The Balaban J connectivity index is 1.65. The molecule has 0 aromatic rings. The van der Waals surface area contributed by atoms with Crippen molar-refractivity contribution in [2.24, 2.45) is 17.6 Å². The topological polar surface area (TPSA) is 32.5 Å². The molecule has 2 aliphatic heterocycles. The first-order valence-corrected chi connectivity index (χ1v) is 8.37. The van der Waals surface area contributed by atoms with Crippen molar-refractivity contribution in [3.8, 4) is 0 Å². The highest BCUT2D eigenvalue weighted by Crippen LogP contribution is 2.23. The molecule has 0 spiro atoms. The van der Waals surface area contributed by atoms with Crippen LogP contribution in [-0.2, 0) is 0 Å². The van der Waals surface area contributed by atoms with Gasteiger partial charge in [0.05, 0.1) is 0 Å². The Hall–Kier alpha value is -0.120. The molecule has 2 aliphatic rings. The maximum Gasteiger partial charge on any atom is 0.0224 e. The zero-order valence-electron chi connectivity index (χ0n) is 13.0. The van der Waals surface area contributed by atoms with Crippen molar-refractivity contribution in [1.82, 2.24) is 9.80 Å². The highest BCUT2D eigenvalue weighted by atomic mass is 15.3. The maximum absolute atomic E-state index is 5.72. The Labute approximate surface area is 119 Å². The summed E-state index contributed by atoms with van der Waals surface area (Å²) in [4.78, 5) is 5.40. The maximum atomic E-state index is 5.72. The number of hydrogen-bond acceptors (Lipinski definition) is 3. The van der Waals surface area contributed by atoms with Crippen molar-refractivity contribution >= 4 is 0 Å². The lowest BCUT2D eigenvalue weighted by molar-refractivity contribution is 0.101. The summed E-state index contributed by atoms with van der Waals surface area (Å²) in [5.74, 6) is 1.62. The van der Waals surface area contributed by atoms with Gasteiger partial charge < -0.3 is 10.6 Å². The van der Waals surface area contributed by atoms with Crippen molar-refractivity contribution in [2.75, 3.05) is 39.3 Å². The van der Waals surface area contributed by atoms with Gasteiger partial charge in [0.25, 0.3) is 0 Å². The van der Waals surface area contributed by atoms with Crippen LogP contribution < -0.4 is 5.73 Å². The number of hydrogen-bond donors (Lipinski definition) is 1. The second kappa shape index (κ2) is 7.61. The second-order valence-corrected chi connectivity index (χ2v) is 6.86. The van der Waals surface area contributed by atoms with Crippen LogP contribution in [0, 0.1) is 11.8 Å². The number of nitrogens with two attached hydrogens (primary N) is 1. The largest absolute Gasteiger partial charge is 0.330 e. The standard InChI is InChI=1S/C16H33N3/c1-14(2)15(7-8-17)5-3-9-18-11-12-19-10-4-6-16(19)13-18/h14-16H,3-13,17H2,1-2H3. The summed E-state index contributed by atoms with van der Waals surface area (Å²) in [6, 6.07) is 0.874. The Morgan fingerprint density at radius 2 is 2.00 bits per heavy atom. The van der Waals surface area contributed by atoms with Crippen molar-refractivity contribution in [3.63, 3.8) is 0 Å². The average Bonchev–Trinajstić information content (AvgIpc) is 2.85. The molecular weight excluding hydrogens is 234 g/mol. The summed E-state index contributed by atoms with van der Waals surface area (Å²) in [5.41, 5.74) is 5.72. The molecule has 3 heteroatoms. The van der Waals surface area contributed by atoms with Gasteiger partial charge in [0.15, 0.2) is 0 Å². The van der Waals surface area contributed by atoms with Crippen molar-refractivity contribution in [1.29, 1.82) is 0 Å². The van der Waals surface area contributed by atoms with Crippen LogP contribution in [-0.4, -0.2) is 55.1 Å². The van der Waals surface area contributed by atoms with Gasteiger partial charge in [0.2, 0.25) is 0 Å². The second-order valence-electron chi connectivity index (χ2n) is 6.86. The van der Waals surface area contributed by atoms with Gasteiger partial charge in [-0.15, -0.1) is 0 Å². The number of rotatable bonds is 7. The van der Waals surface area contributed by atoms with Gasteiger partial charge in [-0.05, 0) is 63.6 Å². The van der Waals surface area contributed by atoms with E-state index in [1.165, 1.54) is 64.8 Å². The Morgan fingerprint density at radius 1 is 1.16 bits per heavy atom. The molecule has 2 N–H and O–H groups in total. The molecule has 2 rings (SSSR count). The molecule has 19 heavy (non-hydrogen) atoms. The first kappa shape index (κ1) is 15.3. The normalized spacial score (nSPS) is 26.8. The smallest absolute Gasteiger partial charge is 0.0224 e. The van der Waals surface area contributed by atoms with Crippen molar-refractivity contribution in [2.45, 2.75) is 52.0 Å². The van der Waals surface area contributed by atoms with E-state index in [-0.39, 0.29) is 0 Å². The molecule has 2 heterocycles. The van der Waals surface area contributed by atoms with Crippen LogP contribution in [0.15, 0.2) is 0 Å². The quantitative estimate of drug-likeness (QED) is 0.767. The molecule has 0 radical (unpaired) electrons. The Kier molecular flexibility index (Phi) is 6.11. The van der Waals surface area contributed by atoms with Gasteiger partial charge in [-0.3, -0.25) is 4.90 Å². The summed E-state index contributed by atoms with van der Waals surface area (Å²) >= 11 is 0. The van der Waals surface area contributed by atoms with Crippen LogP contribution in [0.2, 0.25) is 0 Å². The lowest BCUT2D eigenvalue weighted by Crippen LogP contribution is -2.50. The summed E-state index contributed by atoms with van der Waals surface area (Å²) < 4.78 is 0. The first-order valence-electron chi connectivity index (χ1n) is 8.37. The fourth-order valence-electron chi connectivity index (χ4n) is 3.86. The molecule has 2 fully saturated rings. The fraction of sp³-hybridized carbons (Fsp3) is 1.00. The van der Waals surface area contributed by atoms with Gasteiger partial charge in [0, 0.05) is 25.7 Å². The third kappa shape index (κ3) is 4.44. The molecule has 0 aromatic carbocycles. The number of fused-ring (bicyclic) bond motifs is 1. The zero-order valence-corrected chi connectivity index (χ0v) is 13.0. The van der Waals surface area contributed by atoms with E-state index in [4.69, 9.17) is 5.73 Å². The van der Waals surface area contributed by atoms with E-state index in [1.54, 1.807) is 0 Å². The summed E-state index contributed by atoms with van der Waals surface area (Å²) in [6.07, 6.45) is 6.77. The molecule has 0 aromatic heterocycles. The van der Waals surface area contributed by atoms with E-state index in [0.717, 1.165) is 24.4 Å². The van der Waals surface area contributed by atoms with Gasteiger partial charge in [-0.25, -0.2) is 0 Å². The molecule has 0 aliphatic carbocycles. The van der Waals surface area contributed by atoms with E-state index in [1.807, 2.05) is 0 Å². The number of nitrogens with zero attached hydrogens (tertiary/aromatic N) is 2. The summed E-state index contributed by atoms with van der Waals surface area (Å²) in [6.45, 7) is 12.1. The monoisotopic (exact) mass is 267 g/mol. The van der Waals surface area contributed by atoms with Crippen LogP contribution in [0.3, 0.4) is 0 Å². The van der Waals surface area contributed by atoms with Crippen LogP contribution in [0.25, 0.3) is 0 Å². The molecule has 112 valence electrons. The van der Waals surface area contributed by atoms with E-state index in [2.05, 4.69) is 23.6 Å². The minimum absolute atomic E-state index is 0.787. The average molecular weight is 267 g/mol. The molecule has 2 saturated heterocycles. The molecular formula is C16H33N3. The lowest BCUT2D eigenvalue weighted by atomic mass is 9.88. The highest BCUT2D eigenvalue weighted by molar-refractivity contribution is 4.86. The minimum Gasteiger partial charge on any atom is -0.330 e. The predicted molar refractivity (Wildman–Crippen MR) is 82.3 cm³/mol. The van der Waals surface area contributed by atoms with Gasteiger partial charge >= 0.3 is 0 Å². The zero-order chi connectivity index (χ0) is 13.7. The fourth-order valence-corrected chi connectivity index (χ4v) is 3.86. The molecule has 2 atom stereocenters. The molecule has 0 bridgehead atoms. The van der Waals surface area contributed by atoms with Crippen LogP contribution >= 0.6 is 0 Å². The number of piperazine rings is 1. The summed E-state index contributed by atoms with van der Waals surface area (Å²) in [5, 5.41) is 0. The minimum atomic E-state index is 0.787.